The molecule has 11 heterocycles. The van der Waals surface area contributed by atoms with Crippen LogP contribution in [-0.2, 0) is 12.8 Å². The predicted molar refractivity (Wildman–Crippen MR) is 513 cm³/mol. The number of benzene rings is 7. The molecule has 0 saturated carbocycles. The summed E-state index contributed by atoms with van der Waals surface area (Å²) in [7, 11) is 0. The van der Waals surface area contributed by atoms with Gasteiger partial charge in [0.1, 0.15) is 57.3 Å². The number of hydrogen-bond donors (Lipinski definition) is 8. The first-order valence-corrected chi connectivity index (χ1v) is 43.8. The zero-order valence-corrected chi connectivity index (χ0v) is 74.5. The summed E-state index contributed by atoms with van der Waals surface area (Å²) in [5.41, 5.74) is 32.7. The van der Waals surface area contributed by atoms with Gasteiger partial charge in [-0.1, -0.05) is 143 Å². The SMILES string of the molecule is Cc1cc(Cc2cc(F)c(Sc3ccncc3)cc2F)nc(N)n1.Cc1cc(Nc2cc(Cl)c(Oc3cccc4cnccc34)c(Cl)c2)nc(N)n1.Cc1cc(Nc2ccc(Sc3ccncc3)c(F)c2)nc(Cc2ccccc2)n1.Cc1cc(Nc2ccc(Sc3ccncc3)nc2)nc(N)n1.Nc1nc(Nc2ccc(Sc3ccncc3)cc2)cc(-c2ccccc2)n1. The van der Waals surface area contributed by atoms with Crippen LogP contribution in [0, 0.1) is 45.1 Å². The van der Waals surface area contributed by atoms with Crippen molar-refractivity contribution in [3.05, 3.63) is 384 Å². The fourth-order valence-corrected chi connectivity index (χ4v) is 16.1. The first-order chi connectivity index (χ1) is 63.1. The summed E-state index contributed by atoms with van der Waals surface area (Å²) in [5.74, 6) is 3.80. The van der Waals surface area contributed by atoms with Crippen LogP contribution in [0.2, 0.25) is 10.0 Å². The summed E-state index contributed by atoms with van der Waals surface area (Å²) in [5, 5.41) is 16.3. The Morgan fingerprint density at radius 1 is 0.354 bits per heavy atom. The number of ether oxygens (including phenoxy) is 1. The van der Waals surface area contributed by atoms with Crippen LogP contribution >= 0.6 is 70.2 Å². The van der Waals surface area contributed by atoms with E-state index in [9.17, 15) is 13.2 Å². The van der Waals surface area contributed by atoms with Crippen molar-refractivity contribution in [1.29, 1.82) is 0 Å². The van der Waals surface area contributed by atoms with E-state index < -0.39 is 11.6 Å². The Kier molecular flexibility index (Phi) is 31.6. The zero-order chi connectivity index (χ0) is 90.7. The zero-order valence-electron chi connectivity index (χ0n) is 69.8. The van der Waals surface area contributed by atoms with Crippen molar-refractivity contribution in [2.45, 2.75) is 79.8 Å². The van der Waals surface area contributed by atoms with Gasteiger partial charge in [0.05, 0.1) is 38.2 Å². The lowest BCUT2D eigenvalue weighted by atomic mass is 10.1. The maximum Gasteiger partial charge on any atom is 0.222 e. The van der Waals surface area contributed by atoms with Gasteiger partial charge >= 0.3 is 0 Å². The van der Waals surface area contributed by atoms with Gasteiger partial charge in [-0.25, -0.2) is 53.0 Å². The largest absolute Gasteiger partial charge is 0.454 e. The molecule has 18 aromatic rings. The molecule has 11 aromatic heterocycles. The molecule has 130 heavy (non-hydrogen) atoms. The average Bonchev–Trinajstić information content (AvgIpc) is 0.788. The van der Waals surface area contributed by atoms with Crippen LogP contribution in [0.15, 0.2) is 350 Å². The second-order valence-corrected chi connectivity index (χ2v) is 33.5. The van der Waals surface area contributed by atoms with Gasteiger partial charge in [0.2, 0.25) is 23.8 Å². The average molecular weight is 1840 g/mol. The molecule has 0 bridgehead atoms. The highest BCUT2D eigenvalue weighted by atomic mass is 35.5. The number of pyridine rings is 6. The Morgan fingerprint density at radius 3 is 1.42 bits per heavy atom. The number of aromatic nitrogens is 16. The number of nitrogens with zero attached hydrogens (tertiary/aromatic N) is 16. The smallest absolute Gasteiger partial charge is 0.222 e. The van der Waals surface area contributed by atoms with Crippen LogP contribution in [0.25, 0.3) is 22.0 Å². The summed E-state index contributed by atoms with van der Waals surface area (Å²) in [6.07, 6.45) is 19.8. The highest BCUT2D eigenvalue weighted by Gasteiger charge is 2.18. The number of fused-ring (bicyclic) bond motifs is 1. The molecule has 0 unspecified atom stereocenters. The lowest BCUT2D eigenvalue weighted by Crippen LogP contribution is -2.03. The Hall–Kier alpha value is -14.9. The molecule has 34 heteroatoms. The molecule has 0 amide bonds. The van der Waals surface area contributed by atoms with E-state index in [1.54, 1.807) is 141 Å². The van der Waals surface area contributed by atoms with Gasteiger partial charge in [0.25, 0.3) is 0 Å². The normalized spacial score (nSPS) is 10.7. The molecule has 648 valence electrons. The van der Waals surface area contributed by atoms with E-state index in [-0.39, 0.29) is 46.5 Å². The first-order valence-electron chi connectivity index (χ1n) is 39.7. The van der Waals surface area contributed by atoms with Crippen LogP contribution < -0.4 is 48.9 Å². The Bertz CT molecular complexity index is 6760. The minimum atomic E-state index is -0.484. The monoisotopic (exact) mass is 1840 g/mol. The molecular weight excluding hydrogens is 1760 g/mol. The van der Waals surface area contributed by atoms with Crippen LogP contribution in [0.4, 0.5) is 83.0 Å². The minimum Gasteiger partial charge on any atom is -0.454 e. The van der Waals surface area contributed by atoms with Crippen molar-refractivity contribution in [3.63, 3.8) is 0 Å². The van der Waals surface area contributed by atoms with E-state index in [1.165, 1.54) is 30.0 Å². The van der Waals surface area contributed by atoms with E-state index >= 15 is 0 Å². The topological polar surface area (TPSA) is 368 Å². The maximum absolute atomic E-state index is 14.6. The molecule has 0 atom stereocenters. The van der Waals surface area contributed by atoms with Gasteiger partial charge < -0.3 is 48.9 Å². The van der Waals surface area contributed by atoms with Crippen molar-refractivity contribution in [1.82, 2.24) is 79.7 Å². The summed E-state index contributed by atoms with van der Waals surface area (Å²) >= 11 is 18.7. The summed E-state index contributed by atoms with van der Waals surface area (Å²) < 4.78 is 49.3. The second-order valence-electron chi connectivity index (χ2n) is 28.2. The number of nitrogen functional groups attached to an aromatic ring is 4. The fourth-order valence-electron chi connectivity index (χ4n) is 12.4. The molecule has 0 saturated heterocycles. The molecule has 0 spiro atoms. The number of anilines is 12. The molecule has 0 aliphatic carbocycles. The third-order valence-corrected chi connectivity index (χ3v) is 22.7. The fraction of sp³-hybridized carbons (Fsp3) is 0.0625. The molecular formula is C96H79Cl2F3N24OS4. The van der Waals surface area contributed by atoms with Crippen LogP contribution in [0.1, 0.15) is 45.4 Å². The van der Waals surface area contributed by atoms with Crippen molar-refractivity contribution in [2.75, 3.05) is 44.2 Å². The molecule has 12 N–H and O–H groups in total. The van der Waals surface area contributed by atoms with E-state index in [0.29, 0.717) is 78.9 Å². The molecule has 0 aliphatic heterocycles. The van der Waals surface area contributed by atoms with Gasteiger partial charge in [-0.2, -0.15) is 15.0 Å². The third-order valence-electron chi connectivity index (χ3n) is 18.0. The van der Waals surface area contributed by atoms with Crippen LogP contribution in [0.5, 0.6) is 11.5 Å². The summed E-state index contributed by atoms with van der Waals surface area (Å²) in [6, 6.07) is 74.7. The third kappa shape index (κ3) is 27.5. The van der Waals surface area contributed by atoms with Crippen molar-refractivity contribution >= 4 is 151 Å². The standard InChI is InChI=1S/C23H19FN4S.C21H17N5S.C20H15Cl2N5O.C17H14F2N4S.C15H14N6S/c1-16-13-22(28-23(26-16)14-17-5-3-2-4-6-17)27-18-7-8-21(20(24)15-18)29-19-9-11-25-12-10-19;22-21-25-19(15-4-2-1-3-5-15)14-20(26-21)24-16-6-8-17(9-7-16)27-18-10-12-23-13-11-18;1-11-7-18(27-20(23)25-11)26-13-8-15(21)19(16(22)9-13)28-17-4-2-3-12-10-24-6-5-14(12)17;1-10-6-12(23-17(20)22-10)7-11-8-15(19)16(9-14(11)18)24-13-2-4-21-5-3-13;1-10-8-13(21-15(16)19-10)20-11-2-3-14(18-9-11)22-12-4-6-17-7-5-12/h2-13,15H,14H2,1H3,(H,26,27,28);1-14H,(H3,22,24,25,26);2-10H,1H3,(H3,23,25,26,27);2-6,8-9H,7H2,1H3,(H2,20,22,23);2-9H,1H3,(H3,16,19,20,21). The first kappa shape index (κ1) is 91.3. The summed E-state index contributed by atoms with van der Waals surface area (Å²) in [4.78, 5) is 72.5. The number of aryl methyl sites for hydroxylation is 4. The highest BCUT2D eigenvalue weighted by molar-refractivity contribution is 8.00. The predicted octanol–water partition coefficient (Wildman–Crippen LogP) is 23.4. The van der Waals surface area contributed by atoms with Crippen molar-refractivity contribution < 1.29 is 17.9 Å². The lowest BCUT2D eigenvalue weighted by Gasteiger charge is -2.14. The quantitative estimate of drug-likeness (QED) is 0.0295. The second kappa shape index (κ2) is 45.0. The lowest BCUT2D eigenvalue weighted by molar-refractivity contribution is 0.489. The van der Waals surface area contributed by atoms with Gasteiger partial charge in [0.15, 0.2) is 5.75 Å². The van der Waals surface area contributed by atoms with Gasteiger partial charge in [-0.3, -0.25) is 24.9 Å². The molecule has 18 rings (SSSR count). The Morgan fingerprint density at radius 2 is 0.838 bits per heavy atom. The maximum atomic E-state index is 14.6. The molecule has 0 radical (unpaired) electrons. The molecule has 0 fully saturated rings. The Balaban J connectivity index is 0.000000132. The van der Waals surface area contributed by atoms with E-state index in [0.717, 1.165) is 103 Å². The number of nitrogens with two attached hydrogens (primary N) is 4. The van der Waals surface area contributed by atoms with Crippen LogP contribution in [0.3, 0.4) is 0 Å². The summed E-state index contributed by atoms with van der Waals surface area (Å²) in [6.45, 7) is 7.40. The van der Waals surface area contributed by atoms with E-state index in [2.05, 4.69) is 113 Å². The van der Waals surface area contributed by atoms with Gasteiger partial charge in [-0.05, 0) is 184 Å². The number of hydrogen-bond acceptors (Lipinski definition) is 29. The van der Waals surface area contributed by atoms with Gasteiger partial charge in [0, 0.05) is 185 Å². The van der Waals surface area contributed by atoms with Crippen molar-refractivity contribution in [3.8, 4) is 22.8 Å². The molecule has 7 aromatic carbocycles. The Labute approximate surface area is 773 Å². The number of rotatable bonds is 23. The molecule has 0 aliphatic rings. The van der Waals surface area contributed by atoms with E-state index in [1.807, 2.05) is 191 Å². The highest BCUT2D eigenvalue weighted by Crippen LogP contribution is 2.42. The number of halogens is 5. The minimum absolute atomic E-state index is 0.121. The van der Waals surface area contributed by atoms with Crippen molar-refractivity contribution in [2.24, 2.45) is 0 Å². The number of nitrogens with one attached hydrogen (secondary N) is 4. The molecule has 25 nitrogen and oxygen atoms in total. The van der Waals surface area contributed by atoms with Crippen LogP contribution in [-0.4, -0.2) is 79.7 Å². The van der Waals surface area contributed by atoms with E-state index in [4.69, 9.17) is 50.9 Å². The van der Waals surface area contributed by atoms with Gasteiger partial charge in [-0.15, -0.1) is 0 Å².